The fourth-order valence-electron chi connectivity index (χ4n) is 2.61. The van der Waals surface area contributed by atoms with Crippen LogP contribution in [-0.4, -0.2) is 23.0 Å². The third-order valence-electron chi connectivity index (χ3n) is 4.18. The molecule has 138 valence electrons. The zero-order chi connectivity index (χ0) is 19.4. The van der Waals surface area contributed by atoms with Gasteiger partial charge in [-0.1, -0.05) is 12.1 Å². The van der Waals surface area contributed by atoms with Crippen LogP contribution >= 0.6 is 0 Å². The van der Waals surface area contributed by atoms with Crippen LogP contribution in [0.3, 0.4) is 0 Å². The maximum absolute atomic E-state index is 12.6. The van der Waals surface area contributed by atoms with Crippen LogP contribution in [0.25, 0.3) is 0 Å². The molecule has 0 saturated heterocycles. The Balaban J connectivity index is 1.81. The van der Waals surface area contributed by atoms with Gasteiger partial charge >= 0.3 is 0 Å². The van der Waals surface area contributed by atoms with E-state index >= 15 is 0 Å². The molecule has 0 aliphatic heterocycles. The van der Waals surface area contributed by atoms with E-state index in [2.05, 4.69) is 20.6 Å². The molecular formula is C21H22N4O2. The highest BCUT2D eigenvalue weighted by atomic mass is 16.5. The monoisotopic (exact) mass is 362 g/mol. The number of hydrogen-bond acceptors (Lipinski definition) is 5. The number of ether oxygens (including phenoxy) is 1. The quantitative estimate of drug-likeness (QED) is 0.703. The van der Waals surface area contributed by atoms with Gasteiger partial charge in [0.15, 0.2) is 0 Å². The van der Waals surface area contributed by atoms with Gasteiger partial charge in [0.2, 0.25) is 0 Å². The molecule has 0 bridgehead atoms. The van der Waals surface area contributed by atoms with Crippen molar-refractivity contribution in [1.29, 1.82) is 0 Å². The summed E-state index contributed by atoms with van der Waals surface area (Å²) < 4.78 is 5.23. The van der Waals surface area contributed by atoms with Crippen molar-refractivity contribution in [3.05, 3.63) is 71.2 Å². The highest BCUT2D eigenvalue weighted by Crippen LogP contribution is 2.21. The molecular weight excluding hydrogens is 340 g/mol. The maximum Gasteiger partial charge on any atom is 0.274 e. The van der Waals surface area contributed by atoms with Crippen molar-refractivity contribution in [3.8, 4) is 5.75 Å². The Morgan fingerprint density at radius 3 is 2.48 bits per heavy atom. The van der Waals surface area contributed by atoms with Crippen LogP contribution in [0.5, 0.6) is 5.75 Å². The largest absolute Gasteiger partial charge is 0.497 e. The molecule has 6 heteroatoms. The number of aryl methyl sites for hydroxylation is 3. The Morgan fingerprint density at radius 2 is 1.74 bits per heavy atom. The second kappa shape index (κ2) is 7.86. The number of nitrogens with zero attached hydrogens (tertiary/aromatic N) is 2. The normalized spacial score (nSPS) is 10.4. The van der Waals surface area contributed by atoms with Crippen molar-refractivity contribution in [3.63, 3.8) is 0 Å². The summed E-state index contributed by atoms with van der Waals surface area (Å²) in [7, 11) is 1.61. The predicted molar refractivity (Wildman–Crippen MR) is 107 cm³/mol. The lowest BCUT2D eigenvalue weighted by atomic mass is 10.1. The standard InChI is InChI=1S/C21H22N4O2/c1-13-8-9-17(10-14(13)2)25-21(26)19-12-20(23-15(3)22-19)24-16-6-5-7-18(11-16)27-4/h5-12H,1-4H3,(H,25,26)(H,22,23,24). The lowest BCUT2D eigenvalue weighted by molar-refractivity contribution is 0.102. The summed E-state index contributed by atoms with van der Waals surface area (Å²) in [5, 5.41) is 6.07. The minimum atomic E-state index is -0.280. The number of amides is 1. The van der Waals surface area contributed by atoms with Crippen molar-refractivity contribution in [2.24, 2.45) is 0 Å². The topological polar surface area (TPSA) is 76.1 Å². The lowest BCUT2D eigenvalue weighted by Gasteiger charge is -2.11. The molecule has 3 aromatic rings. The van der Waals surface area contributed by atoms with E-state index in [0.29, 0.717) is 17.3 Å². The molecule has 2 N–H and O–H groups in total. The highest BCUT2D eigenvalue weighted by Gasteiger charge is 2.12. The van der Waals surface area contributed by atoms with E-state index in [9.17, 15) is 4.79 Å². The van der Waals surface area contributed by atoms with Crippen molar-refractivity contribution in [2.75, 3.05) is 17.7 Å². The van der Waals surface area contributed by atoms with Crippen LogP contribution in [0.15, 0.2) is 48.5 Å². The second-order valence-electron chi connectivity index (χ2n) is 6.30. The average molecular weight is 362 g/mol. The van der Waals surface area contributed by atoms with Crippen LogP contribution < -0.4 is 15.4 Å². The van der Waals surface area contributed by atoms with Gasteiger partial charge in [-0.25, -0.2) is 9.97 Å². The first kappa shape index (κ1) is 18.4. The molecule has 0 saturated carbocycles. The van der Waals surface area contributed by atoms with Crippen LogP contribution in [0, 0.1) is 20.8 Å². The second-order valence-corrected chi connectivity index (χ2v) is 6.30. The van der Waals surface area contributed by atoms with E-state index in [-0.39, 0.29) is 5.91 Å². The zero-order valence-corrected chi connectivity index (χ0v) is 15.8. The lowest BCUT2D eigenvalue weighted by Crippen LogP contribution is -2.15. The molecule has 1 aromatic heterocycles. The summed E-state index contributed by atoms with van der Waals surface area (Å²) in [5.41, 5.74) is 4.14. The average Bonchev–Trinajstić information content (AvgIpc) is 2.64. The van der Waals surface area contributed by atoms with Gasteiger partial charge in [-0.15, -0.1) is 0 Å². The van der Waals surface area contributed by atoms with Crippen molar-refractivity contribution < 1.29 is 9.53 Å². The number of carbonyl (C=O) groups is 1. The molecule has 0 aliphatic rings. The summed E-state index contributed by atoms with van der Waals surface area (Å²) >= 11 is 0. The Hall–Kier alpha value is -3.41. The minimum absolute atomic E-state index is 0.280. The third kappa shape index (κ3) is 4.61. The molecule has 0 atom stereocenters. The zero-order valence-electron chi connectivity index (χ0n) is 15.8. The van der Waals surface area contributed by atoms with Crippen molar-refractivity contribution in [2.45, 2.75) is 20.8 Å². The van der Waals surface area contributed by atoms with Crippen molar-refractivity contribution in [1.82, 2.24) is 9.97 Å². The Morgan fingerprint density at radius 1 is 0.926 bits per heavy atom. The van der Waals surface area contributed by atoms with Crippen LogP contribution in [0.2, 0.25) is 0 Å². The highest BCUT2D eigenvalue weighted by molar-refractivity contribution is 6.03. The summed E-state index contributed by atoms with van der Waals surface area (Å²) in [4.78, 5) is 21.2. The number of nitrogens with one attached hydrogen (secondary N) is 2. The molecule has 0 fully saturated rings. The first-order valence-corrected chi connectivity index (χ1v) is 8.60. The van der Waals surface area contributed by atoms with E-state index in [1.807, 2.05) is 56.3 Å². The smallest absolute Gasteiger partial charge is 0.274 e. The molecule has 0 aliphatic carbocycles. The van der Waals surface area contributed by atoms with Gasteiger partial charge in [-0.3, -0.25) is 4.79 Å². The predicted octanol–water partition coefficient (Wildman–Crippen LogP) is 4.41. The molecule has 0 radical (unpaired) electrons. The van der Waals surface area contributed by atoms with Gasteiger partial charge in [0.05, 0.1) is 7.11 Å². The molecule has 1 heterocycles. The number of anilines is 3. The third-order valence-corrected chi connectivity index (χ3v) is 4.18. The number of carbonyl (C=O) groups excluding carboxylic acids is 1. The first-order valence-electron chi connectivity index (χ1n) is 8.60. The Bertz CT molecular complexity index is 986. The Labute approximate surface area is 158 Å². The molecule has 2 aromatic carbocycles. The van der Waals surface area contributed by atoms with Gasteiger partial charge in [0.1, 0.15) is 23.1 Å². The van der Waals surface area contributed by atoms with E-state index < -0.39 is 0 Å². The minimum Gasteiger partial charge on any atom is -0.497 e. The fraction of sp³-hybridized carbons (Fsp3) is 0.190. The van der Waals surface area contributed by atoms with Gasteiger partial charge in [0, 0.05) is 23.5 Å². The number of benzene rings is 2. The first-order chi connectivity index (χ1) is 12.9. The summed E-state index contributed by atoms with van der Waals surface area (Å²) in [6.07, 6.45) is 0. The van der Waals surface area contributed by atoms with Gasteiger partial charge in [-0.05, 0) is 56.2 Å². The van der Waals surface area contributed by atoms with E-state index in [1.165, 1.54) is 5.56 Å². The molecule has 1 amide bonds. The number of aromatic nitrogens is 2. The number of rotatable bonds is 5. The number of methoxy groups -OCH3 is 1. The summed E-state index contributed by atoms with van der Waals surface area (Å²) in [6, 6.07) is 14.9. The molecule has 0 unspecified atom stereocenters. The molecule has 0 spiro atoms. The van der Waals surface area contributed by atoms with Gasteiger partial charge in [0.25, 0.3) is 5.91 Å². The van der Waals surface area contributed by atoms with E-state index in [0.717, 1.165) is 22.7 Å². The van der Waals surface area contributed by atoms with Gasteiger partial charge in [-0.2, -0.15) is 0 Å². The van der Waals surface area contributed by atoms with Crippen molar-refractivity contribution >= 4 is 23.1 Å². The summed E-state index contributed by atoms with van der Waals surface area (Å²) in [6.45, 7) is 5.80. The molecule has 3 rings (SSSR count). The van der Waals surface area contributed by atoms with Gasteiger partial charge < -0.3 is 15.4 Å². The van der Waals surface area contributed by atoms with Crippen LogP contribution in [0.4, 0.5) is 17.2 Å². The Kier molecular flexibility index (Phi) is 5.35. The van der Waals surface area contributed by atoms with Crippen LogP contribution in [-0.2, 0) is 0 Å². The SMILES string of the molecule is COc1cccc(Nc2cc(C(=O)Nc3ccc(C)c(C)c3)nc(C)n2)c1. The number of hydrogen-bond donors (Lipinski definition) is 2. The molecule has 6 nitrogen and oxygen atoms in total. The maximum atomic E-state index is 12.6. The molecule has 27 heavy (non-hydrogen) atoms. The van der Waals surface area contributed by atoms with E-state index in [1.54, 1.807) is 20.1 Å². The summed E-state index contributed by atoms with van der Waals surface area (Å²) in [5.74, 6) is 1.50. The fourth-order valence-corrected chi connectivity index (χ4v) is 2.61. The van der Waals surface area contributed by atoms with E-state index in [4.69, 9.17) is 4.74 Å². The van der Waals surface area contributed by atoms with Crippen LogP contribution in [0.1, 0.15) is 27.4 Å².